The van der Waals surface area contributed by atoms with E-state index in [1.54, 1.807) is 6.92 Å². The second kappa shape index (κ2) is 4.42. The number of carbonyl (C=O) groups is 1. The smallest absolute Gasteiger partial charge is 0.348 e. The van der Waals surface area contributed by atoms with Crippen molar-refractivity contribution in [1.29, 1.82) is 5.26 Å². The first kappa shape index (κ1) is 13.1. The SMILES string of the molecule is CCOC(=O)/C(C#N)=C1/C[C@H]2C[C@H]1[C@H](C)C2(C)C. The van der Waals surface area contributed by atoms with Gasteiger partial charge in [0.2, 0.25) is 0 Å². The van der Waals surface area contributed by atoms with Gasteiger partial charge in [-0.15, -0.1) is 0 Å². The van der Waals surface area contributed by atoms with Gasteiger partial charge in [-0.25, -0.2) is 4.79 Å². The Labute approximate surface area is 109 Å². The number of ether oxygens (including phenoxy) is 1. The first-order valence-corrected chi connectivity index (χ1v) is 6.73. The molecule has 0 aliphatic heterocycles. The zero-order valence-corrected chi connectivity index (χ0v) is 11.6. The van der Waals surface area contributed by atoms with E-state index in [0.29, 0.717) is 29.8 Å². The molecule has 2 saturated carbocycles. The van der Waals surface area contributed by atoms with Crippen LogP contribution >= 0.6 is 0 Å². The van der Waals surface area contributed by atoms with E-state index in [1.165, 1.54) is 0 Å². The monoisotopic (exact) mass is 247 g/mol. The summed E-state index contributed by atoms with van der Waals surface area (Å²) >= 11 is 0. The first-order valence-electron chi connectivity index (χ1n) is 6.73. The summed E-state index contributed by atoms with van der Waals surface area (Å²) in [4.78, 5) is 11.8. The fraction of sp³-hybridized carbons (Fsp3) is 0.733. The standard InChI is InChI=1S/C15H21NO2/c1-5-18-14(17)13(8-16)12-7-10-6-11(12)9(2)15(10,3)4/h9-11H,5-7H2,1-4H3/b13-12-/t9-,10+,11-/m0/s1. The Kier molecular flexibility index (Phi) is 3.23. The van der Waals surface area contributed by atoms with E-state index < -0.39 is 5.97 Å². The molecule has 0 radical (unpaired) electrons. The second-order valence-corrected chi connectivity index (χ2v) is 6.09. The lowest BCUT2D eigenvalue weighted by Gasteiger charge is -2.37. The lowest BCUT2D eigenvalue weighted by Crippen LogP contribution is -2.30. The van der Waals surface area contributed by atoms with Crippen LogP contribution in [0.2, 0.25) is 0 Å². The average molecular weight is 247 g/mol. The minimum atomic E-state index is -0.437. The van der Waals surface area contributed by atoms with Crippen LogP contribution in [0.25, 0.3) is 0 Å². The number of hydrogen-bond acceptors (Lipinski definition) is 3. The highest BCUT2D eigenvalue weighted by Gasteiger charge is 2.53. The molecule has 0 unspecified atom stereocenters. The molecule has 2 fully saturated rings. The molecule has 0 heterocycles. The fourth-order valence-electron chi connectivity index (χ4n) is 3.65. The quantitative estimate of drug-likeness (QED) is 0.428. The van der Waals surface area contributed by atoms with E-state index in [-0.39, 0.29) is 5.57 Å². The molecule has 18 heavy (non-hydrogen) atoms. The molecular formula is C15H21NO2. The predicted octanol–water partition coefficient (Wildman–Crippen LogP) is 3.07. The summed E-state index contributed by atoms with van der Waals surface area (Å²) < 4.78 is 4.98. The summed E-state index contributed by atoms with van der Waals surface area (Å²) in [7, 11) is 0. The van der Waals surface area contributed by atoms with Crippen molar-refractivity contribution in [2.45, 2.75) is 40.5 Å². The third-order valence-corrected chi connectivity index (χ3v) is 5.19. The van der Waals surface area contributed by atoms with Crippen LogP contribution in [0.5, 0.6) is 0 Å². The lowest BCUT2D eigenvalue weighted by molar-refractivity contribution is -0.138. The Morgan fingerprint density at radius 2 is 2.22 bits per heavy atom. The molecule has 0 aromatic heterocycles. The molecule has 3 heteroatoms. The van der Waals surface area contributed by atoms with Gasteiger partial charge in [-0.3, -0.25) is 0 Å². The topological polar surface area (TPSA) is 50.1 Å². The van der Waals surface area contributed by atoms with Crippen molar-refractivity contribution in [2.75, 3.05) is 6.61 Å². The number of esters is 1. The highest BCUT2D eigenvalue weighted by atomic mass is 16.5. The highest BCUT2D eigenvalue weighted by Crippen LogP contribution is 2.61. The van der Waals surface area contributed by atoms with Crippen LogP contribution in [-0.2, 0) is 9.53 Å². The van der Waals surface area contributed by atoms with E-state index >= 15 is 0 Å². The van der Waals surface area contributed by atoms with E-state index in [9.17, 15) is 10.1 Å². The molecular weight excluding hydrogens is 226 g/mol. The number of carbonyl (C=O) groups excluding carboxylic acids is 1. The van der Waals surface area contributed by atoms with Crippen molar-refractivity contribution in [1.82, 2.24) is 0 Å². The number of rotatable bonds is 2. The van der Waals surface area contributed by atoms with Gasteiger partial charge in [0.15, 0.2) is 0 Å². The van der Waals surface area contributed by atoms with Crippen LogP contribution in [0, 0.1) is 34.5 Å². The molecule has 0 saturated heterocycles. The van der Waals surface area contributed by atoms with Crippen LogP contribution in [0.4, 0.5) is 0 Å². The van der Waals surface area contributed by atoms with Gasteiger partial charge in [0.05, 0.1) is 6.61 Å². The van der Waals surface area contributed by atoms with Gasteiger partial charge in [-0.05, 0) is 48.5 Å². The number of hydrogen-bond donors (Lipinski definition) is 0. The molecule has 2 bridgehead atoms. The molecule has 2 aliphatic rings. The van der Waals surface area contributed by atoms with E-state index in [2.05, 4.69) is 26.8 Å². The molecule has 0 spiro atoms. The largest absolute Gasteiger partial charge is 0.462 e. The number of nitriles is 1. The Balaban J connectivity index is 2.32. The van der Waals surface area contributed by atoms with Crippen LogP contribution in [-0.4, -0.2) is 12.6 Å². The van der Waals surface area contributed by atoms with E-state index in [4.69, 9.17) is 4.74 Å². The Morgan fingerprint density at radius 3 is 2.67 bits per heavy atom. The van der Waals surface area contributed by atoms with Gasteiger partial charge in [0.25, 0.3) is 0 Å². The van der Waals surface area contributed by atoms with Gasteiger partial charge in [0.1, 0.15) is 11.6 Å². The maximum Gasteiger partial charge on any atom is 0.348 e. The zero-order chi connectivity index (χ0) is 13.5. The summed E-state index contributed by atoms with van der Waals surface area (Å²) in [5.74, 6) is 1.09. The third-order valence-electron chi connectivity index (χ3n) is 5.19. The summed E-state index contributed by atoms with van der Waals surface area (Å²) in [6.07, 6.45) is 2.01. The van der Waals surface area contributed by atoms with Crippen molar-refractivity contribution in [3.05, 3.63) is 11.1 Å². The summed E-state index contributed by atoms with van der Waals surface area (Å²) in [6.45, 7) is 8.94. The zero-order valence-electron chi connectivity index (χ0n) is 11.6. The van der Waals surface area contributed by atoms with Gasteiger partial charge < -0.3 is 4.74 Å². The fourth-order valence-corrected chi connectivity index (χ4v) is 3.65. The van der Waals surface area contributed by atoms with Crippen molar-refractivity contribution in [3.8, 4) is 6.07 Å². The van der Waals surface area contributed by atoms with Crippen molar-refractivity contribution < 1.29 is 9.53 Å². The second-order valence-electron chi connectivity index (χ2n) is 6.09. The third kappa shape index (κ3) is 1.75. The van der Waals surface area contributed by atoms with Crippen molar-refractivity contribution in [2.24, 2.45) is 23.2 Å². The lowest BCUT2D eigenvalue weighted by atomic mass is 9.67. The highest BCUT2D eigenvalue weighted by molar-refractivity contribution is 5.94. The average Bonchev–Trinajstić information content (AvgIpc) is 2.81. The number of fused-ring (bicyclic) bond motifs is 2. The molecule has 0 N–H and O–H groups in total. The molecule has 3 atom stereocenters. The maximum atomic E-state index is 11.8. The van der Waals surface area contributed by atoms with Gasteiger partial charge in [-0.2, -0.15) is 5.26 Å². The van der Waals surface area contributed by atoms with Crippen molar-refractivity contribution >= 4 is 5.97 Å². The molecule has 0 aromatic carbocycles. The number of nitrogens with zero attached hydrogens (tertiary/aromatic N) is 1. The number of allylic oxidation sites excluding steroid dienone is 1. The summed E-state index contributed by atoms with van der Waals surface area (Å²) in [5, 5.41) is 9.22. The molecule has 0 aromatic rings. The van der Waals surface area contributed by atoms with Gasteiger partial charge in [-0.1, -0.05) is 20.8 Å². The van der Waals surface area contributed by atoms with E-state index in [1.807, 2.05) is 0 Å². The Bertz CT molecular complexity index is 438. The molecule has 2 aliphatic carbocycles. The minimum absolute atomic E-state index is 0.270. The Hall–Kier alpha value is -1.30. The Morgan fingerprint density at radius 1 is 1.56 bits per heavy atom. The minimum Gasteiger partial charge on any atom is -0.462 e. The molecule has 0 amide bonds. The molecule has 3 nitrogen and oxygen atoms in total. The molecule has 98 valence electrons. The van der Waals surface area contributed by atoms with Crippen LogP contribution in [0.1, 0.15) is 40.5 Å². The van der Waals surface area contributed by atoms with Crippen molar-refractivity contribution in [3.63, 3.8) is 0 Å². The predicted molar refractivity (Wildman–Crippen MR) is 68.4 cm³/mol. The van der Waals surface area contributed by atoms with Crippen LogP contribution < -0.4 is 0 Å². The first-order chi connectivity index (χ1) is 8.43. The van der Waals surface area contributed by atoms with E-state index in [0.717, 1.165) is 18.4 Å². The van der Waals surface area contributed by atoms with Crippen LogP contribution in [0.3, 0.4) is 0 Å². The maximum absolute atomic E-state index is 11.8. The van der Waals surface area contributed by atoms with Crippen LogP contribution in [0.15, 0.2) is 11.1 Å². The summed E-state index contributed by atoms with van der Waals surface area (Å²) in [6, 6.07) is 2.07. The normalized spacial score (nSPS) is 35.2. The van der Waals surface area contributed by atoms with Gasteiger partial charge in [0, 0.05) is 0 Å². The summed E-state index contributed by atoms with van der Waals surface area (Å²) in [5.41, 5.74) is 1.64. The van der Waals surface area contributed by atoms with Gasteiger partial charge >= 0.3 is 5.97 Å². The molecule has 2 rings (SSSR count).